The van der Waals surface area contributed by atoms with Gasteiger partial charge in [-0.3, -0.25) is 0 Å². The first-order valence-electron chi connectivity index (χ1n) is 3.95. The second kappa shape index (κ2) is 2.66. The first kappa shape index (κ1) is 6.85. The lowest BCUT2D eigenvalue weighted by Crippen LogP contribution is -2.08. The second-order valence-electron chi connectivity index (χ2n) is 2.90. The quantitative estimate of drug-likeness (QED) is 0.603. The third-order valence-electron chi connectivity index (χ3n) is 2.16. The van der Waals surface area contributed by atoms with Gasteiger partial charge in [0.15, 0.2) is 0 Å². The molecule has 0 aliphatic carbocycles. The van der Waals surface area contributed by atoms with E-state index in [1.54, 1.807) is 0 Å². The SMILES string of the molecule is Cc1nccn1C1CCOC1. The van der Waals surface area contributed by atoms with Gasteiger partial charge < -0.3 is 9.30 Å². The molecule has 1 aliphatic rings. The van der Waals surface area contributed by atoms with Crippen LogP contribution < -0.4 is 0 Å². The minimum atomic E-state index is 0.525. The van der Waals surface area contributed by atoms with Gasteiger partial charge in [-0.2, -0.15) is 0 Å². The summed E-state index contributed by atoms with van der Waals surface area (Å²) in [6, 6.07) is 0.525. The average Bonchev–Trinajstić information content (AvgIpc) is 2.55. The number of aromatic nitrogens is 2. The number of nitrogens with zero attached hydrogens (tertiary/aromatic N) is 2. The molecule has 1 atom stereocenters. The number of aryl methyl sites for hydroxylation is 1. The highest BCUT2D eigenvalue weighted by Gasteiger charge is 2.17. The molecule has 1 fully saturated rings. The van der Waals surface area contributed by atoms with Gasteiger partial charge in [-0.1, -0.05) is 0 Å². The molecule has 0 radical (unpaired) electrons. The van der Waals surface area contributed by atoms with Crippen molar-refractivity contribution in [3.05, 3.63) is 18.2 Å². The highest BCUT2D eigenvalue weighted by atomic mass is 16.5. The van der Waals surface area contributed by atoms with Crippen LogP contribution in [-0.4, -0.2) is 22.8 Å². The van der Waals surface area contributed by atoms with Crippen LogP contribution in [0.1, 0.15) is 18.3 Å². The Morgan fingerprint density at radius 3 is 3.18 bits per heavy atom. The number of imidazole rings is 1. The van der Waals surface area contributed by atoms with E-state index >= 15 is 0 Å². The minimum absolute atomic E-state index is 0.525. The van der Waals surface area contributed by atoms with Crippen LogP contribution in [-0.2, 0) is 4.74 Å². The zero-order chi connectivity index (χ0) is 7.68. The molecule has 0 aromatic carbocycles. The van der Waals surface area contributed by atoms with Crippen molar-refractivity contribution in [3.63, 3.8) is 0 Å². The van der Waals surface area contributed by atoms with Crippen molar-refractivity contribution in [2.75, 3.05) is 13.2 Å². The van der Waals surface area contributed by atoms with Crippen LogP contribution in [0.5, 0.6) is 0 Å². The highest BCUT2D eigenvalue weighted by molar-refractivity contribution is 4.93. The fraction of sp³-hybridized carbons (Fsp3) is 0.625. The van der Waals surface area contributed by atoms with Gasteiger partial charge in [-0.05, 0) is 13.3 Å². The number of ether oxygens (including phenoxy) is 1. The summed E-state index contributed by atoms with van der Waals surface area (Å²) >= 11 is 0. The predicted molar refractivity (Wildman–Crippen MR) is 41.4 cm³/mol. The molecule has 1 unspecified atom stereocenters. The molecule has 0 amide bonds. The third kappa shape index (κ3) is 1.16. The zero-order valence-electron chi connectivity index (χ0n) is 6.66. The molecule has 0 spiro atoms. The Hall–Kier alpha value is -0.830. The Kier molecular flexibility index (Phi) is 1.66. The lowest BCUT2D eigenvalue weighted by molar-refractivity contribution is 0.186. The summed E-state index contributed by atoms with van der Waals surface area (Å²) in [4.78, 5) is 4.17. The molecule has 1 aliphatic heterocycles. The molecule has 1 saturated heterocycles. The second-order valence-corrected chi connectivity index (χ2v) is 2.90. The largest absolute Gasteiger partial charge is 0.379 e. The van der Waals surface area contributed by atoms with Crippen molar-refractivity contribution in [2.24, 2.45) is 0 Å². The summed E-state index contributed by atoms with van der Waals surface area (Å²) in [5.41, 5.74) is 0. The van der Waals surface area contributed by atoms with Gasteiger partial charge in [0.25, 0.3) is 0 Å². The molecular weight excluding hydrogens is 140 g/mol. The Labute approximate surface area is 66.0 Å². The zero-order valence-corrected chi connectivity index (χ0v) is 6.66. The summed E-state index contributed by atoms with van der Waals surface area (Å²) in [5.74, 6) is 1.08. The first-order valence-corrected chi connectivity index (χ1v) is 3.95. The van der Waals surface area contributed by atoms with Crippen LogP contribution in [0.4, 0.5) is 0 Å². The number of hydrogen-bond donors (Lipinski definition) is 0. The van der Waals surface area contributed by atoms with E-state index in [0.717, 1.165) is 25.5 Å². The molecule has 1 aromatic rings. The lowest BCUT2D eigenvalue weighted by Gasteiger charge is -2.10. The van der Waals surface area contributed by atoms with Crippen molar-refractivity contribution < 1.29 is 4.74 Å². The monoisotopic (exact) mass is 152 g/mol. The van der Waals surface area contributed by atoms with Gasteiger partial charge in [0.05, 0.1) is 12.6 Å². The van der Waals surface area contributed by atoms with E-state index in [-0.39, 0.29) is 0 Å². The molecule has 1 aromatic heterocycles. The molecule has 0 bridgehead atoms. The van der Waals surface area contributed by atoms with Crippen LogP contribution in [0, 0.1) is 6.92 Å². The molecule has 60 valence electrons. The van der Waals surface area contributed by atoms with E-state index in [1.165, 1.54) is 0 Å². The van der Waals surface area contributed by atoms with Gasteiger partial charge in [0.2, 0.25) is 0 Å². The van der Waals surface area contributed by atoms with Crippen molar-refractivity contribution >= 4 is 0 Å². The maximum Gasteiger partial charge on any atom is 0.105 e. The van der Waals surface area contributed by atoms with E-state index < -0.39 is 0 Å². The van der Waals surface area contributed by atoms with Gasteiger partial charge in [0.1, 0.15) is 5.82 Å². The Bertz CT molecular complexity index is 238. The lowest BCUT2D eigenvalue weighted by atomic mass is 10.2. The van der Waals surface area contributed by atoms with Crippen molar-refractivity contribution in [1.29, 1.82) is 0 Å². The van der Waals surface area contributed by atoms with Gasteiger partial charge >= 0.3 is 0 Å². The van der Waals surface area contributed by atoms with Crippen LogP contribution >= 0.6 is 0 Å². The van der Waals surface area contributed by atoms with Crippen LogP contribution in [0.3, 0.4) is 0 Å². The summed E-state index contributed by atoms with van der Waals surface area (Å²) in [7, 11) is 0. The first-order chi connectivity index (χ1) is 5.38. The smallest absolute Gasteiger partial charge is 0.105 e. The van der Waals surface area contributed by atoms with Gasteiger partial charge in [0, 0.05) is 19.0 Å². The number of rotatable bonds is 1. The van der Waals surface area contributed by atoms with Crippen molar-refractivity contribution in [1.82, 2.24) is 9.55 Å². The van der Waals surface area contributed by atoms with E-state index in [1.807, 2.05) is 19.3 Å². The molecule has 3 heteroatoms. The van der Waals surface area contributed by atoms with Gasteiger partial charge in [-0.25, -0.2) is 4.98 Å². The summed E-state index contributed by atoms with van der Waals surface area (Å²) < 4.78 is 7.47. The fourth-order valence-corrected chi connectivity index (χ4v) is 1.51. The molecule has 2 rings (SSSR count). The topological polar surface area (TPSA) is 27.1 Å². The van der Waals surface area contributed by atoms with Crippen LogP contribution in [0.2, 0.25) is 0 Å². The molecular formula is C8H12N2O. The Morgan fingerprint density at radius 1 is 1.73 bits per heavy atom. The summed E-state index contributed by atoms with van der Waals surface area (Å²) in [6.07, 6.45) is 4.99. The standard InChI is InChI=1S/C8H12N2O/c1-7-9-3-4-10(7)8-2-5-11-6-8/h3-4,8H,2,5-6H2,1H3. The summed E-state index contributed by atoms with van der Waals surface area (Å²) in [6.45, 7) is 3.76. The van der Waals surface area contributed by atoms with E-state index in [2.05, 4.69) is 9.55 Å². The van der Waals surface area contributed by atoms with Crippen LogP contribution in [0.25, 0.3) is 0 Å². The predicted octanol–water partition coefficient (Wildman–Crippen LogP) is 1.15. The Morgan fingerprint density at radius 2 is 2.64 bits per heavy atom. The normalized spacial score (nSPS) is 24.3. The Balaban J connectivity index is 2.21. The average molecular weight is 152 g/mol. The maximum atomic E-state index is 5.29. The van der Waals surface area contributed by atoms with E-state index in [0.29, 0.717) is 6.04 Å². The van der Waals surface area contributed by atoms with Crippen LogP contribution in [0.15, 0.2) is 12.4 Å². The molecule has 2 heterocycles. The molecule has 0 N–H and O–H groups in total. The number of hydrogen-bond acceptors (Lipinski definition) is 2. The van der Waals surface area contributed by atoms with E-state index in [9.17, 15) is 0 Å². The van der Waals surface area contributed by atoms with Crippen molar-refractivity contribution in [3.8, 4) is 0 Å². The van der Waals surface area contributed by atoms with Crippen molar-refractivity contribution in [2.45, 2.75) is 19.4 Å². The fourth-order valence-electron chi connectivity index (χ4n) is 1.51. The summed E-state index contributed by atoms with van der Waals surface area (Å²) in [5, 5.41) is 0. The third-order valence-corrected chi connectivity index (χ3v) is 2.16. The molecule has 3 nitrogen and oxygen atoms in total. The highest BCUT2D eigenvalue weighted by Crippen LogP contribution is 2.19. The maximum absolute atomic E-state index is 5.29. The van der Waals surface area contributed by atoms with E-state index in [4.69, 9.17) is 4.74 Å². The molecule has 11 heavy (non-hydrogen) atoms. The van der Waals surface area contributed by atoms with Gasteiger partial charge in [-0.15, -0.1) is 0 Å². The molecule has 0 saturated carbocycles. The minimum Gasteiger partial charge on any atom is -0.379 e.